The van der Waals surface area contributed by atoms with Gasteiger partial charge in [0.05, 0.1) is 17.7 Å². The van der Waals surface area contributed by atoms with Crippen molar-refractivity contribution in [1.29, 1.82) is 0 Å². The second-order valence-electron chi connectivity index (χ2n) is 9.52. The van der Waals surface area contributed by atoms with Crippen LogP contribution in [0.2, 0.25) is 5.02 Å². The number of rotatable bonds is 15. The number of halogens is 3. The van der Waals surface area contributed by atoms with Gasteiger partial charge in [0.2, 0.25) is 5.91 Å². The second-order valence-corrected chi connectivity index (χ2v) is 11.1. The monoisotopic (exact) mass is 672 g/mol. The number of phosphoric acid groups is 1. The summed E-state index contributed by atoms with van der Waals surface area (Å²) in [5.74, 6) is -1.43. The van der Waals surface area contributed by atoms with Gasteiger partial charge < -0.3 is 25.2 Å². The summed E-state index contributed by atoms with van der Waals surface area (Å²) in [5.41, 5.74) is 3.27. The Kier molecular flexibility index (Phi) is 13.4. The maximum absolute atomic E-state index is 13.9. The predicted octanol–water partition coefficient (Wildman–Crippen LogP) is 3.83. The van der Waals surface area contributed by atoms with E-state index in [0.717, 1.165) is 0 Å². The van der Waals surface area contributed by atoms with Crippen LogP contribution in [0.5, 0.6) is 0 Å². The van der Waals surface area contributed by atoms with Crippen molar-refractivity contribution in [2.75, 3.05) is 31.6 Å². The number of carbonyl (C=O) groups excluding carboxylic acids is 3. The molecule has 1 atom stereocenters. The first-order valence-corrected chi connectivity index (χ1v) is 15.4. The number of hydrogen-bond donors (Lipinski definition) is 6. The highest BCUT2D eigenvalue weighted by molar-refractivity contribution is 7.46. The van der Waals surface area contributed by atoms with E-state index in [1.807, 2.05) is 0 Å². The Morgan fingerprint density at radius 1 is 1.09 bits per heavy atom. The van der Waals surface area contributed by atoms with Crippen molar-refractivity contribution in [2.45, 2.75) is 32.4 Å². The molecule has 244 valence electrons. The maximum atomic E-state index is 13.9. The van der Waals surface area contributed by atoms with Crippen LogP contribution in [0.25, 0.3) is 10.8 Å². The molecule has 1 heterocycles. The minimum Gasteiger partial charge on any atom is -0.447 e. The van der Waals surface area contributed by atoms with Crippen molar-refractivity contribution in [3.8, 4) is 0 Å². The van der Waals surface area contributed by atoms with E-state index in [0.29, 0.717) is 22.8 Å². The molecule has 6 N–H and O–H groups in total. The van der Waals surface area contributed by atoms with Crippen molar-refractivity contribution in [1.82, 2.24) is 26.1 Å². The SMILES string of the molecule is CC(=O)N(NCc1cccc(F)c1Cl)[C@@H](CCCNC(=O)NCCOP(=O)(O)O)COC(=O)Nc1cc2cc(F)ccc2cn1. The number of benzene rings is 2. The summed E-state index contributed by atoms with van der Waals surface area (Å²) < 4.78 is 47.9. The number of aromatic nitrogens is 1. The molecule has 2 aromatic carbocycles. The predicted molar refractivity (Wildman–Crippen MR) is 160 cm³/mol. The van der Waals surface area contributed by atoms with Crippen LogP contribution >= 0.6 is 19.4 Å². The summed E-state index contributed by atoms with van der Waals surface area (Å²) in [6.07, 6.45) is 1.08. The molecule has 0 aliphatic rings. The molecule has 0 fully saturated rings. The van der Waals surface area contributed by atoms with Crippen LogP contribution in [0.1, 0.15) is 25.3 Å². The number of amides is 4. The lowest BCUT2D eigenvalue weighted by Gasteiger charge is -2.31. The largest absolute Gasteiger partial charge is 0.469 e. The number of hydrazine groups is 1. The number of fused-ring (bicyclic) bond motifs is 1. The van der Waals surface area contributed by atoms with E-state index in [1.165, 1.54) is 48.5 Å². The molecule has 0 radical (unpaired) electrons. The molecule has 1 aromatic heterocycles. The Hall–Kier alpha value is -3.92. The van der Waals surface area contributed by atoms with Gasteiger partial charge in [0, 0.05) is 38.1 Å². The number of hydrogen-bond acceptors (Lipinski definition) is 8. The van der Waals surface area contributed by atoms with Gasteiger partial charge in [0.1, 0.15) is 24.1 Å². The van der Waals surface area contributed by atoms with Gasteiger partial charge in [0.15, 0.2) is 0 Å². The quantitative estimate of drug-likeness (QED) is 0.0786. The van der Waals surface area contributed by atoms with E-state index < -0.39 is 50.1 Å². The zero-order valence-electron chi connectivity index (χ0n) is 24.0. The lowest BCUT2D eigenvalue weighted by Crippen LogP contribution is -2.51. The molecule has 3 rings (SSSR count). The van der Waals surface area contributed by atoms with Gasteiger partial charge in [-0.25, -0.2) is 33.3 Å². The number of pyridine rings is 1. The zero-order chi connectivity index (χ0) is 33.0. The van der Waals surface area contributed by atoms with Gasteiger partial charge in [-0.1, -0.05) is 23.7 Å². The molecule has 0 aliphatic heterocycles. The highest BCUT2D eigenvalue weighted by atomic mass is 35.5. The molecule has 0 bridgehead atoms. The van der Waals surface area contributed by atoms with Crippen LogP contribution in [0.15, 0.2) is 48.7 Å². The number of ether oxygens (including phenoxy) is 1. The van der Waals surface area contributed by atoms with Gasteiger partial charge in [0.25, 0.3) is 0 Å². The van der Waals surface area contributed by atoms with Crippen molar-refractivity contribution >= 4 is 54.0 Å². The Balaban J connectivity index is 1.61. The summed E-state index contributed by atoms with van der Waals surface area (Å²) in [6, 6.07) is 8.44. The Morgan fingerprint density at radius 3 is 2.58 bits per heavy atom. The zero-order valence-corrected chi connectivity index (χ0v) is 25.6. The fourth-order valence-electron chi connectivity index (χ4n) is 4.06. The maximum Gasteiger partial charge on any atom is 0.469 e. The number of carbonyl (C=O) groups is 3. The van der Waals surface area contributed by atoms with Crippen LogP contribution in [0, 0.1) is 11.6 Å². The molecular formula is C27H32ClF2N6O8P. The molecule has 0 unspecified atom stereocenters. The first-order valence-electron chi connectivity index (χ1n) is 13.5. The van der Waals surface area contributed by atoms with Gasteiger partial charge >= 0.3 is 19.9 Å². The summed E-state index contributed by atoms with van der Waals surface area (Å²) in [6.45, 7) is 0.495. The minimum atomic E-state index is -4.65. The fraction of sp³-hybridized carbons (Fsp3) is 0.333. The second kappa shape index (κ2) is 17.0. The number of anilines is 1. The van der Waals surface area contributed by atoms with E-state index in [9.17, 15) is 27.7 Å². The topological polar surface area (TPSA) is 191 Å². The van der Waals surface area contributed by atoms with E-state index >= 15 is 0 Å². The molecule has 14 nitrogen and oxygen atoms in total. The normalized spacial score (nSPS) is 12.0. The molecule has 4 amide bonds. The average molecular weight is 673 g/mol. The summed E-state index contributed by atoms with van der Waals surface area (Å²) in [5, 5.41) is 9.64. The Labute approximate surface area is 261 Å². The van der Waals surface area contributed by atoms with Crippen LogP contribution in [-0.4, -0.2) is 70.2 Å². The number of nitrogens with zero attached hydrogens (tertiary/aromatic N) is 2. The smallest absolute Gasteiger partial charge is 0.447 e. The first kappa shape index (κ1) is 35.6. The van der Waals surface area contributed by atoms with Crippen molar-refractivity contribution < 1.29 is 46.8 Å². The summed E-state index contributed by atoms with van der Waals surface area (Å²) >= 11 is 6.04. The summed E-state index contributed by atoms with van der Waals surface area (Å²) in [4.78, 5) is 58.7. The third-order valence-electron chi connectivity index (χ3n) is 6.14. The lowest BCUT2D eigenvalue weighted by atomic mass is 10.1. The van der Waals surface area contributed by atoms with E-state index in [4.69, 9.17) is 26.1 Å². The van der Waals surface area contributed by atoms with Gasteiger partial charge in [-0.2, -0.15) is 0 Å². The molecule has 0 spiro atoms. The van der Waals surface area contributed by atoms with Crippen LogP contribution in [0.3, 0.4) is 0 Å². The summed E-state index contributed by atoms with van der Waals surface area (Å²) in [7, 11) is -4.65. The molecule has 3 aromatic rings. The van der Waals surface area contributed by atoms with Crippen molar-refractivity contribution in [2.24, 2.45) is 0 Å². The molecule has 18 heteroatoms. The average Bonchev–Trinajstić information content (AvgIpc) is 2.97. The molecule has 45 heavy (non-hydrogen) atoms. The van der Waals surface area contributed by atoms with Gasteiger partial charge in [-0.3, -0.25) is 19.6 Å². The van der Waals surface area contributed by atoms with Crippen molar-refractivity contribution in [3.63, 3.8) is 0 Å². The minimum absolute atomic E-state index is 0.0340. The van der Waals surface area contributed by atoms with E-state index in [2.05, 4.69) is 30.9 Å². The number of phosphoric ester groups is 1. The Bertz CT molecular complexity index is 1550. The van der Waals surface area contributed by atoms with Gasteiger partial charge in [-0.05, 0) is 54.1 Å². The lowest BCUT2D eigenvalue weighted by molar-refractivity contribution is -0.136. The highest BCUT2D eigenvalue weighted by Crippen LogP contribution is 2.35. The standard InChI is InChI=1S/C27H32ClF2N6O8P/c1-17(37)36(34-15-19-4-2-6-23(30)25(19)28)22(5-3-9-31-26(38)32-10-11-44-45(40,41)42)16-43-27(39)35-24-13-20-12-21(29)8-7-18(20)14-33-24/h2,4,6-8,12-14,22,34H,3,5,9-11,15-16H2,1H3,(H2,31,32,38)(H,33,35,39)(H2,40,41,42)/t22-/m0/s1. The fourth-order valence-corrected chi connectivity index (χ4v) is 4.59. The molecule has 0 saturated heterocycles. The third-order valence-corrected chi connectivity index (χ3v) is 7.09. The molecular weight excluding hydrogens is 641 g/mol. The van der Waals surface area contributed by atoms with E-state index in [1.54, 1.807) is 12.1 Å². The highest BCUT2D eigenvalue weighted by Gasteiger charge is 2.24. The van der Waals surface area contributed by atoms with E-state index in [-0.39, 0.29) is 43.5 Å². The molecule has 0 aliphatic carbocycles. The third kappa shape index (κ3) is 12.2. The van der Waals surface area contributed by atoms with Crippen molar-refractivity contribution in [3.05, 3.63) is 70.9 Å². The molecule has 0 saturated carbocycles. The Morgan fingerprint density at radius 2 is 1.84 bits per heavy atom. The van der Waals surface area contributed by atoms with Crippen LogP contribution < -0.4 is 21.4 Å². The first-order chi connectivity index (χ1) is 21.3. The van der Waals surface area contributed by atoms with Gasteiger partial charge in [-0.15, -0.1) is 0 Å². The number of urea groups is 1. The van der Waals surface area contributed by atoms with Crippen LogP contribution in [-0.2, 0) is 25.2 Å². The number of nitrogens with one attached hydrogen (secondary N) is 4. The van der Waals surface area contributed by atoms with Crippen LogP contribution in [0.4, 0.5) is 24.2 Å².